The molecule has 1 fully saturated rings. The molecule has 2 aromatic rings. The Balaban J connectivity index is 1.51. The molecule has 2 aromatic carbocycles. The summed E-state index contributed by atoms with van der Waals surface area (Å²) < 4.78 is 12.1. The fourth-order valence-corrected chi connectivity index (χ4v) is 3.86. The monoisotopic (exact) mass is 380 g/mol. The molecule has 1 aliphatic heterocycles. The number of ether oxygens (including phenoxy) is 2. The number of hydrogen-bond acceptors (Lipinski definition) is 2. The summed E-state index contributed by atoms with van der Waals surface area (Å²) >= 11 is 0. The van der Waals surface area contributed by atoms with E-state index in [2.05, 4.69) is 62.4 Å². The van der Waals surface area contributed by atoms with Crippen LogP contribution in [0.15, 0.2) is 48.5 Å². The maximum atomic E-state index is 6.09. The van der Waals surface area contributed by atoms with Gasteiger partial charge in [0, 0.05) is 0 Å². The molecule has 0 spiro atoms. The highest BCUT2D eigenvalue weighted by Gasteiger charge is 2.23. The summed E-state index contributed by atoms with van der Waals surface area (Å²) in [5, 5.41) is 0. The molecule has 1 heterocycles. The summed E-state index contributed by atoms with van der Waals surface area (Å²) in [6.07, 6.45) is 10.3. The Kier molecular flexibility index (Phi) is 8.57. The van der Waals surface area contributed by atoms with Gasteiger partial charge in [-0.1, -0.05) is 94.5 Å². The van der Waals surface area contributed by atoms with E-state index in [1.807, 2.05) is 0 Å². The van der Waals surface area contributed by atoms with Gasteiger partial charge in [-0.15, -0.1) is 0 Å². The second kappa shape index (κ2) is 11.4. The van der Waals surface area contributed by atoms with Gasteiger partial charge in [0.25, 0.3) is 0 Å². The number of hydrogen-bond donors (Lipinski definition) is 0. The van der Waals surface area contributed by atoms with E-state index in [0.717, 1.165) is 13.0 Å². The summed E-state index contributed by atoms with van der Waals surface area (Å²) in [4.78, 5) is 0. The molecule has 0 N–H and O–H groups in total. The van der Waals surface area contributed by atoms with Gasteiger partial charge in [0.05, 0.1) is 19.3 Å². The molecule has 0 aromatic heterocycles. The molecule has 0 radical (unpaired) electrons. The van der Waals surface area contributed by atoms with E-state index >= 15 is 0 Å². The molecule has 1 saturated heterocycles. The average molecular weight is 381 g/mol. The van der Waals surface area contributed by atoms with Crippen LogP contribution in [0.5, 0.6) is 0 Å². The average Bonchev–Trinajstić information content (AvgIpc) is 2.75. The van der Waals surface area contributed by atoms with Crippen molar-refractivity contribution in [2.45, 2.75) is 77.4 Å². The van der Waals surface area contributed by atoms with E-state index < -0.39 is 0 Å². The molecule has 2 heteroatoms. The normalized spacial score (nSPS) is 19.6. The molecule has 1 aliphatic rings. The minimum atomic E-state index is 0.0671. The van der Waals surface area contributed by atoms with Crippen LogP contribution in [0.1, 0.15) is 76.0 Å². The lowest BCUT2D eigenvalue weighted by Gasteiger charge is -2.30. The molecule has 2 atom stereocenters. The summed E-state index contributed by atoms with van der Waals surface area (Å²) in [7, 11) is 0. The van der Waals surface area contributed by atoms with Crippen molar-refractivity contribution in [3.8, 4) is 11.1 Å². The Hall–Kier alpha value is -1.64. The third kappa shape index (κ3) is 6.18. The Labute approximate surface area is 171 Å². The quantitative estimate of drug-likeness (QED) is 0.408. The number of aryl methyl sites for hydroxylation is 1. The topological polar surface area (TPSA) is 18.5 Å². The first-order valence-electron chi connectivity index (χ1n) is 11.2. The predicted octanol–water partition coefficient (Wildman–Crippen LogP) is 7.12. The van der Waals surface area contributed by atoms with Crippen molar-refractivity contribution >= 4 is 0 Å². The van der Waals surface area contributed by atoms with Crippen LogP contribution >= 0.6 is 0 Å². The van der Waals surface area contributed by atoms with Gasteiger partial charge in [-0.25, -0.2) is 0 Å². The van der Waals surface area contributed by atoms with Crippen molar-refractivity contribution in [2.24, 2.45) is 0 Å². The Morgan fingerprint density at radius 3 is 1.96 bits per heavy atom. The van der Waals surface area contributed by atoms with E-state index in [-0.39, 0.29) is 12.2 Å². The van der Waals surface area contributed by atoms with Gasteiger partial charge < -0.3 is 9.47 Å². The van der Waals surface area contributed by atoms with Crippen molar-refractivity contribution in [1.29, 1.82) is 0 Å². The van der Waals surface area contributed by atoms with Crippen molar-refractivity contribution in [2.75, 3.05) is 13.2 Å². The van der Waals surface area contributed by atoms with Crippen LogP contribution < -0.4 is 0 Å². The maximum absolute atomic E-state index is 6.09. The van der Waals surface area contributed by atoms with E-state index in [1.54, 1.807) is 0 Å². The minimum Gasteiger partial charge on any atom is -0.373 e. The van der Waals surface area contributed by atoms with Gasteiger partial charge in [0.15, 0.2) is 0 Å². The fraction of sp³-hybridized carbons (Fsp3) is 0.538. The zero-order chi connectivity index (χ0) is 19.6. The fourth-order valence-electron chi connectivity index (χ4n) is 3.86. The zero-order valence-corrected chi connectivity index (χ0v) is 17.7. The zero-order valence-electron chi connectivity index (χ0n) is 17.7. The van der Waals surface area contributed by atoms with Crippen LogP contribution in [0.2, 0.25) is 0 Å². The van der Waals surface area contributed by atoms with Crippen LogP contribution in [0.4, 0.5) is 0 Å². The predicted molar refractivity (Wildman–Crippen MR) is 118 cm³/mol. The van der Waals surface area contributed by atoms with Crippen molar-refractivity contribution < 1.29 is 9.47 Å². The third-order valence-electron chi connectivity index (χ3n) is 5.73. The maximum Gasteiger partial charge on any atom is 0.106 e. The summed E-state index contributed by atoms with van der Waals surface area (Å²) in [5.74, 6) is 0. The van der Waals surface area contributed by atoms with Crippen LogP contribution in [0.3, 0.4) is 0 Å². The molecule has 0 saturated carbocycles. The number of benzene rings is 2. The molecule has 0 amide bonds. The van der Waals surface area contributed by atoms with Crippen molar-refractivity contribution in [3.63, 3.8) is 0 Å². The highest BCUT2D eigenvalue weighted by Crippen LogP contribution is 2.27. The van der Waals surface area contributed by atoms with Gasteiger partial charge in [0.2, 0.25) is 0 Å². The first-order chi connectivity index (χ1) is 13.8. The van der Waals surface area contributed by atoms with E-state index in [0.29, 0.717) is 6.61 Å². The Morgan fingerprint density at radius 2 is 1.36 bits per heavy atom. The summed E-state index contributed by atoms with van der Waals surface area (Å²) in [6, 6.07) is 17.8. The molecule has 0 aliphatic carbocycles. The number of rotatable bonds is 10. The van der Waals surface area contributed by atoms with Crippen molar-refractivity contribution in [3.05, 3.63) is 59.7 Å². The summed E-state index contributed by atoms with van der Waals surface area (Å²) in [5.41, 5.74) is 5.20. The smallest absolute Gasteiger partial charge is 0.106 e. The Morgan fingerprint density at radius 1 is 0.714 bits per heavy atom. The van der Waals surface area contributed by atoms with Gasteiger partial charge in [-0.3, -0.25) is 0 Å². The second-order valence-electron chi connectivity index (χ2n) is 8.05. The molecular formula is C26H36O2. The first-order valence-corrected chi connectivity index (χ1v) is 11.2. The van der Waals surface area contributed by atoms with Crippen LogP contribution in [-0.2, 0) is 15.9 Å². The van der Waals surface area contributed by atoms with Crippen molar-refractivity contribution in [1.82, 2.24) is 0 Å². The summed E-state index contributed by atoms with van der Waals surface area (Å²) in [6.45, 7) is 5.88. The lowest BCUT2D eigenvalue weighted by molar-refractivity contribution is -0.137. The molecule has 152 valence electrons. The van der Waals surface area contributed by atoms with Gasteiger partial charge in [0.1, 0.15) is 6.10 Å². The lowest BCUT2D eigenvalue weighted by atomic mass is 9.99. The van der Waals surface area contributed by atoms with Gasteiger partial charge in [-0.2, -0.15) is 0 Å². The molecule has 28 heavy (non-hydrogen) atoms. The first kappa shape index (κ1) is 21.1. The standard InChI is InChI=1S/C26H36O2/c1-3-5-7-9-21-11-13-22(14-12-21)23-15-17-24(18-16-23)26-20-27-25(19-28-26)10-8-6-4-2/h11-18,25-26H,3-10,19-20H2,1-2H3/t25-,26-/m1/s1. The second-order valence-corrected chi connectivity index (χ2v) is 8.05. The minimum absolute atomic E-state index is 0.0671. The van der Waals surface area contributed by atoms with Gasteiger partial charge in [-0.05, 0) is 41.5 Å². The van der Waals surface area contributed by atoms with Crippen LogP contribution in [0.25, 0.3) is 11.1 Å². The molecule has 2 nitrogen and oxygen atoms in total. The Bertz CT molecular complexity index is 667. The lowest BCUT2D eigenvalue weighted by Crippen LogP contribution is -2.31. The number of unbranched alkanes of at least 4 members (excludes halogenated alkanes) is 4. The van der Waals surface area contributed by atoms with E-state index in [4.69, 9.17) is 9.47 Å². The molecule has 0 bridgehead atoms. The van der Waals surface area contributed by atoms with Crippen LogP contribution in [-0.4, -0.2) is 19.3 Å². The van der Waals surface area contributed by atoms with E-state index in [9.17, 15) is 0 Å². The largest absolute Gasteiger partial charge is 0.373 e. The van der Waals surface area contributed by atoms with Crippen LogP contribution in [0, 0.1) is 0 Å². The highest BCUT2D eigenvalue weighted by molar-refractivity contribution is 5.64. The highest BCUT2D eigenvalue weighted by atomic mass is 16.6. The van der Waals surface area contributed by atoms with Gasteiger partial charge >= 0.3 is 0 Å². The molecule has 0 unspecified atom stereocenters. The molecular weight excluding hydrogens is 344 g/mol. The third-order valence-corrected chi connectivity index (χ3v) is 5.73. The molecule has 3 rings (SSSR count). The van der Waals surface area contributed by atoms with E-state index in [1.165, 1.54) is 67.2 Å². The SMILES string of the molecule is CCCCCc1ccc(-c2ccc([C@H]3CO[C@H](CCCCC)CO3)cc2)cc1.